The zero-order valence-electron chi connectivity index (χ0n) is 19.6. The van der Waals surface area contributed by atoms with Gasteiger partial charge in [0.05, 0.1) is 16.5 Å². The molecule has 1 atom stereocenters. The molecule has 8 nitrogen and oxygen atoms in total. The van der Waals surface area contributed by atoms with Gasteiger partial charge in [-0.1, -0.05) is 44.2 Å². The van der Waals surface area contributed by atoms with Crippen LogP contribution in [0.25, 0.3) is 5.76 Å². The molecule has 0 spiro atoms. The lowest BCUT2D eigenvalue weighted by Gasteiger charge is -2.25. The average Bonchev–Trinajstić information content (AvgIpc) is 3.10. The first-order valence-electron chi connectivity index (χ1n) is 11.2. The highest BCUT2D eigenvalue weighted by Gasteiger charge is 2.45. The molecule has 34 heavy (non-hydrogen) atoms. The Hall–Kier alpha value is -3.01. The fourth-order valence-corrected chi connectivity index (χ4v) is 5.58. The van der Waals surface area contributed by atoms with Crippen molar-refractivity contribution in [2.45, 2.75) is 31.2 Å². The van der Waals surface area contributed by atoms with Crippen molar-refractivity contribution >= 4 is 27.5 Å². The number of ether oxygens (including phenoxy) is 1. The van der Waals surface area contributed by atoms with E-state index in [0.717, 1.165) is 0 Å². The molecule has 1 saturated heterocycles. The number of likely N-dealkylation sites (tertiary alicyclic amines) is 1. The smallest absolute Gasteiger partial charge is 0.295 e. The summed E-state index contributed by atoms with van der Waals surface area (Å²) < 4.78 is 32.0. The van der Waals surface area contributed by atoms with Crippen LogP contribution >= 0.6 is 0 Å². The minimum Gasteiger partial charge on any atom is -0.507 e. The van der Waals surface area contributed by atoms with Gasteiger partial charge in [-0.15, -0.1) is 0 Å². The first-order chi connectivity index (χ1) is 16.3. The number of ketones is 1. The van der Waals surface area contributed by atoms with Gasteiger partial charge in [0.15, 0.2) is 0 Å². The van der Waals surface area contributed by atoms with E-state index in [1.807, 2.05) is 6.07 Å². The Morgan fingerprint density at radius 1 is 1.03 bits per heavy atom. The van der Waals surface area contributed by atoms with Crippen LogP contribution in [0.1, 0.15) is 37.4 Å². The number of carbonyl (C=O) groups excluding carboxylic acids is 2. The number of Topliss-reactive ketones (excluding diaryl/α,β-unsaturated/α-hetero) is 1. The van der Waals surface area contributed by atoms with Crippen LogP contribution in [-0.2, 0) is 24.3 Å². The second-order valence-corrected chi connectivity index (χ2v) is 9.80. The molecule has 0 radical (unpaired) electrons. The molecule has 1 aliphatic rings. The SMILES string of the molecule is CCN(CC)S(=O)(=O)c1ccc(/C(O)=C2/C(=O)C(=O)N(CCCOC)C2c2ccccc2)cc1. The third kappa shape index (κ3) is 4.91. The standard InChI is InChI=1S/C25H30N2O6S/c1-4-26(5-2)34(31,32)20-14-12-19(13-15-20)23(28)21-22(18-10-7-6-8-11-18)27(16-9-17-33-3)25(30)24(21)29/h6-8,10-15,22,28H,4-5,9,16-17H2,1-3H3/b23-21-. The third-order valence-electron chi connectivity index (χ3n) is 5.87. The van der Waals surface area contributed by atoms with Gasteiger partial charge in [-0.05, 0) is 36.2 Å². The summed E-state index contributed by atoms with van der Waals surface area (Å²) >= 11 is 0. The van der Waals surface area contributed by atoms with E-state index in [9.17, 15) is 23.1 Å². The number of hydrogen-bond donors (Lipinski definition) is 1. The van der Waals surface area contributed by atoms with E-state index in [2.05, 4.69) is 0 Å². The van der Waals surface area contributed by atoms with Gasteiger partial charge in [-0.3, -0.25) is 9.59 Å². The van der Waals surface area contributed by atoms with Gasteiger partial charge in [-0.25, -0.2) is 8.42 Å². The molecule has 1 fully saturated rings. The lowest BCUT2D eigenvalue weighted by atomic mass is 9.95. The largest absolute Gasteiger partial charge is 0.507 e. The van der Waals surface area contributed by atoms with Crippen molar-refractivity contribution in [1.29, 1.82) is 0 Å². The molecule has 1 amide bonds. The van der Waals surface area contributed by atoms with Crippen molar-refractivity contribution < 1.29 is 27.9 Å². The van der Waals surface area contributed by atoms with Crippen LogP contribution < -0.4 is 0 Å². The number of benzene rings is 2. The molecule has 3 rings (SSSR count). The van der Waals surface area contributed by atoms with Crippen LogP contribution in [0.2, 0.25) is 0 Å². The number of aliphatic hydroxyl groups excluding tert-OH is 1. The highest BCUT2D eigenvalue weighted by atomic mass is 32.2. The number of hydrogen-bond acceptors (Lipinski definition) is 6. The van der Waals surface area contributed by atoms with E-state index < -0.39 is 27.8 Å². The molecule has 182 valence electrons. The molecule has 0 aliphatic carbocycles. The average molecular weight is 487 g/mol. The van der Waals surface area contributed by atoms with Crippen molar-refractivity contribution in [3.63, 3.8) is 0 Å². The molecule has 2 aromatic carbocycles. The molecule has 1 unspecified atom stereocenters. The van der Waals surface area contributed by atoms with E-state index in [1.165, 1.54) is 33.5 Å². The summed E-state index contributed by atoms with van der Waals surface area (Å²) in [5, 5.41) is 11.1. The van der Waals surface area contributed by atoms with Crippen molar-refractivity contribution in [2.24, 2.45) is 0 Å². The first kappa shape index (κ1) is 25.6. The number of rotatable bonds is 10. The number of amides is 1. The quantitative estimate of drug-likeness (QED) is 0.239. The maximum absolute atomic E-state index is 13.0. The molecular formula is C25H30N2O6S. The van der Waals surface area contributed by atoms with Crippen LogP contribution in [-0.4, -0.2) is 67.8 Å². The van der Waals surface area contributed by atoms with Crippen molar-refractivity contribution in [3.8, 4) is 0 Å². The Kier molecular flexibility index (Phi) is 8.24. The molecule has 9 heteroatoms. The highest BCUT2D eigenvalue weighted by molar-refractivity contribution is 7.89. The lowest BCUT2D eigenvalue weighted by molar-refractivity contribution is -0.140. The van der Waals surface area contributed by atoms with Gasteiger partial charge >= 0.3 is 0 Å². The van der Waals surface area contributed by atoms with Gasteiger partial charge in [0, 0.05) is 38.9 Å². The summed E-state index contributed by atoms with van der Waals surface area (Å²) in [5.41, 5.74) is 0.934. The highest BCUT2D eigenvalue weighted by Crippen LogP contribution is 2.39. The van der Waals surface area contributed by atoms with Gasteiger partial charge in [-0.2, -0.15) is 4.31 Å². The minimum atomic E-state index is -3.66. The maximum Gasteiger partial charge on any atom is 0.295 e. The fourth-order valence-electron chi connectivity index (χ4n) is 4.12. The van der Waals surface area contributed by atoms with E-state index >= 15 is 0 Å². The van der Waals surface area contributed by atoms with Gasteiger partial charge in [0.2, 0.25) is 10.0 Å². The normalized spacial score (nSPS) is 18.1. The number of nitrogens with zero attached hydrogens (tertiary/aromatic N) is 2. The predicted octanol–water partition coefficient (Wildman–Crippen LogP) is 3.18. The van der Waals surface area contributed by atoms with Crippen LogP contribution in [0.5, 0.6) is 0 Å². The van der Waals surface area contributed by atoms with Crippen LogP contribution in [0, 0.1) is 0 Å². The number of sulfonamides is 1. The summed E-state index contributed by atoms with van der Waals surface area (Å²) in [4.78, 5) is 27.4. The summed E-state index contributed by atoms with van der Waals surface area (Å²) in [5.74, 6) is -1.80. The third-order valence-corrected chi connectivity index (χ3v) is 7.94. The molecule has 1 N–H and O–H groups in total. The second kappa shape index (κ2) is 10.9. The topological polar surface area (TPSA) is 104 Å². The Bertz CT molecular complexity index is 1160. The summed E-state index contributed by atoms with van der Waals surface area (Å²) in [6.07, 6.45) is 0.533. The first-order valence-corrected chi connectivity index (χ1v) is 12.6. The number of carbonyl (C=O) groups is 2. The molecular weight excluding hydrogens is 456 g/mol. The zero-order valence-corrected chi connectivity index (χ0v) is 20.4. The monoisotopic (exact) mass is 486 g/mol. The molecule has 1 aliphatic heterocycles. The van der Waals surface area contributed by atoms with E-state index in [1.54, 1.807) is 45.2 Å². The van der Waals surface area contributed by atoms with E-state index in [4.69, 9.17) is 4.74 Å². The van der Waals surface area contributed by atoms with E-state index in [-0.39, 0.29) is 28.3 Å². The van der Waals surface area contributed by atoms with Crippen LogP contribution in [0.4, 0.5) is 0 Å². The summed E-state index contributed by atoms with van der Waals surface area (Å²) in [7, 11) is -2.10. The fraction of sp³-hybridized carbons (Fsp3) is 0.360. The second-order valence-electron chi connectivity index (χ2n) is 7.86. The zero-order chi connectivity index (χ0) is 24.9. The maximum atomic E-state index is 13.0. The van der Waals surface area contributed by atoms with Crippen LogP contribution in [0.15, 0.2) is 65.1 Å². The molecule has 2 aromatic rings. The van der Waals surface area contributed by atoms with Crippen LogP contribution in [0.3, 0.4) is 0 Å². The Labute approximate surface area is 200 Å². The predicted molar refractivity (Wildman–Crippen MR) is 128 cm³/mol. The minimum absolute atomic E-state index is 0.0204. The number of aliphatic hydroxyl groups is 1. The molecule has 0 saturated carbocycles. The van der Waals surface area contributed by atoms with Gasteiger partial charge < -0.3 is 14.7 Å². The molecule has 0 aromatic heterocycles. The van der Waals surface area contributed by atoms with Crippen molar-refractivity contribution in [1.82, 2.24) is 9.21 Å². The van der Waals surface area contributed by atoms with Gasteiger partial charge in [0.25, 0.3) is 11.7 Å². The molecule has 0 bridgehead atoms. The lowest BCUT2D eigenvalue weighted by Crippen LogP contribution is -2.31. The van der Waals surface area contributed by atoms with Crippen molar-refractivity contribution in [2.75, 3.05) is 33.4 Å². The summed E-state index contributed by atoms with van der Waals surface area (Å²) in [6.45, 7) is 4.91. The Balaban J connectivity index is 2.05. The van der Waals surface area contributed by atoms with Crippen molar-refractivity contribution in [3.05, 3.63) is 71.3 Å². The summed E-state index contributed by atoms with van der Waals surface area (Å²) in [6, 6.07) is 14.0. The molecule has 1 heterocycles. The number of methoxy groups -OCH3 is 1. The Morgan fingerprint density at radius 3 is 2.21 bits per heavy atom. The van der Waals surface area contributed by atoms with Gasteiger partial charge in [0.1, 0.15) is 5.76 Å². The van der Waals surface area contributed by atoms with E-state index in [0.29, 0.717) is 31.7 Å². The Morgan fingerprint density at radius 2 is 1.65 bits per heavy atom.